The van der Waals surface area contributed by atoms with E-state index >= 15 is 0 Å². The highest BCUT2D eigenvalue weighted by molar-refractivity contribution is 6.02. The zero-order valence-electron chi connectivity index (χ0n) is 14.9. The lowest BCUT2D eigenvalue weighted by Gasteiger charge is -2.22. The number of hydrogen-bond acceptors (Lipinski definition) is 2. The highest BCUT2D eigenvalue weighted by Gasteiger charge is 2.25. The fourth-order valence-electron chi connectivity index (χ4n) is 2.56. The summed E-state index contributed by atoms with van der Waals surface area (Å²) in [6.45, 7) is 7.29. The third kappa shape index (κ3) is 4.66. The predicted octanol–water partition coefficient (Wildman–Crippen LogP) is 3.84. The Bertz CT molecular complexity index is 787. The highest BCUT2D eigenvalue weighted by atomic mass is 19.1. The second-order valence-corrected chi connectivity index (χ2v) is 6.46. The van der Waals surface area contributed by atoms with E-state index in [0.717, 1.165) is 5.56 Å². The van der Waals surface area contributed by atoms with Crippen LogP contribution in [0.4, 0.5) is 10.1 Å². The lowest BCUT2D eigenvalue weighted by atomic mass is 10.0. The van der Waals surface area contributed by atoms with E-state index in [9.17, 15) is 14.0 Å². The van der Waals surface area contributed by atoms with E-state index in [1.807, 2.05) is 32.9 Å². The van der Waals surface area contributed by atoms with Crippen LogP contribution in [0.2, 0.25) is 0 Å². The van der Waals surface area contributed by atoms with Gasteiger partial charge in [0.15, 0.2) is 0 Å². The summed E-state index contributed by atoms with van der Waals surface area (Å²) >= 11 is 0. The summed E-state index contributed by atoms with van der Waals surface area (Å²) in [6, 6.07) is 10.7. The average Bonchev–Trinajstić information content (AvgIpc) is 2.55. The summed E-state index contributed by atoms with van der Waals surface area (Å²) in [5.41, 5.74) is 2.54. The highest BCUT2D eigenvalue weighted by Crippen LogP contribution is 2.17. The number of carbonyl (C=O) groups is 2. The number of nitrogens with one attached hydrogen (secondary N) is 2. The Kier molecular flexibility index (Phi) is 5.91. The Hall–Kier alpha value is -2.69. The van der Waals surface area contributed by atoms with Crippen LogP contribution < -0.4 is 10.6 Å². The number of benzene rings is 2. The van der Waals surface area contributed by atoms with Crippen LogP contribution in [0.5, 0.6) is 0 Å². The van der Waals surface area contributed by atoms with E-state index in [0.29, 0.717) is 16.8 Å². The molecule has 1 atom stereocenters. The third-order valence-corrected chi connectivity index (χ3v) is 4.07. The fraction of sp³-hybridized carbons (Fsp3) is 0.300. The summed E-state index contributed by atoms with van der Waals surface area (Å²) in [7, 11) is 0. The van der Waals surface area contributed by atoms with E-state index in [2.05, 4.69) is 10.6 Å². The molecule has 0 aliphatic carbocycles. The zero-order valence-corrected chi connectivity index (χ0v) is 14.9. The Morgan fingerprint density at radius 1 is 1.00 bits per heavy atom. The van der Waals surface area contributed by atoms with E-state index in [-0.39, 0.29) is 23.5 Å². The fourth-order valence-corrected chi connectivity index (χ4v) is 2.56. The van der Waals surface area contributed by atoms with E-state index < -0.39 is 6.04 Å². The van der Waals surface area contributed by atoms with Crippen molar-refractivity contribution in [3.63, 3.8) is 0 Å². The molecule has 0 saturated heterocycles. The third-order valence-electron chi connectivity index (χ3n) is 4.07. The molecule has 0 saturated carbocycles. The van der Waals surface area contributed by atoms with Crippen LogP contribution in [0.1, 0.15) is 35.3 Å². The second kappa shape index (κ2) is 7.92. The van der Waals surface area contributed by atoms with Gasteiger partial charge in [0.25, 0.3) is 5.91 Å². The molecule has 2 rings (SSSR count). The van der Waals surface area contributed by atoms with Gasteiger partial charge in [-0.15, -0.1) is 0 Å². The molecule has 0 aliphatic heterocycles. The maximum atomic E-state index is 13.2. The molecular weight excluding hydrogens is 319 g/mol. The Labute approximate surface area is 147 Å². The molecule has 2 aromatic rings. The maximum Gasteiger partial charge on any atom is 0.252 e. The lowest BCUT2D eigenvalue weighted by molar-refractivity contribution is -0.118. The summed E-state index contributed by atoms with van der Waals surface area (Å²) in [4.78, 5) is 25.1. The van der Waals surface area contributed by atoms with Gasteiger partial charge in [0.2, 0.25) is 5.91 Å². The molecule has 0 heterocycles. The van der Waals surface area contributed by atoms with Crippen molar-refractivity contribution in [2.75, 3.05) is 5.32 Å². The van der Waals surface area contributed by atoms with Crippen molar-refractivity contribution in [3.05, 3.63) is 65.0 Å². The largest absolute Gasteiger partial charge is 0.340 e. The molecule has 0 spiro atoms. The summed E-state index contributed by atoms with van der Waals surface area (Å²) < 4.78 is 13.2. The Morgan fingerprint density at radius 2 is 1.68 bits per heavy atom. The van der Waals surface area contributed by atoms with Gasteiger partial charge in [-0.1, -0.05) is 32.0 Å². The van der Waals surface area contributed by atoms with Crippen LogP contribution in [0.3, 0.4) is 0 Å². The molecule has 2 aromatic carbocycles. The van der Waals surface area contributed by atoms with E-state index in [1.165, 1.54) is 18.2 Å². The van der Waals surface area contributed by atoms with Crippen LogP contribution in [-0.4, -0.2) is 17.9 Å². The topological polar surface area (TPSA) is 58.2 Å². The van der Waals surface area contributed by atoms with Crippen molar-refractivity contribution < 1.29 is 14.0 Å². The van der Waals surface area contributed by atoms with Gasteiger partial charge in [0.05, 0.1) is 0 Å². The van der Waals surface area contributed by atoms with Crippen LogP contribution in [-0.2, 0) is 4.79 Å². The molecule has 0 radical (unpaired) electrons. The normalized spacial score (nSPS) is 11.9. The number of halogens is 1. The molecule has 132 valence electrons. The number of rotatable bonds is 5. The minimum atomic E-state index is -0.698. The van der Waals surface area contributed by atoms with Crippen molar-refractivity contribution in [1.29, 1.82) is 0 Å². The summed E-state index contributed by atoms with van der Waals surface area (Å²) in [5.74, 6) is -1.08. The second-order valence-electron chi connectivity index (χ2n) is 6.46. The van der Waals surface area contributed by atoms with Crippen LogP contribution in [0.25, 0.3) is 0 Å². The quantitative estimate of drug-likeness (QED) is 0.867. The summed E-state index contributed by atoms with van der Waals surface area (Å²) in [6.07, 6.45) is 0. The molecule has 0 aromatic heterocycles. The van der Waals surface area contributed by atoms with Gasteiger partial charge < -0.3 is 10.6 Å². The number of aryl methyl sites for hydroxylation is 2. The molecule has 4 nitrogen and oxygen atoms in total. The zero-order chi connectivity index (χ0) is 18.6. The molecule has 25 heavy (non-hydrogen) atoms. The van der Waals surface area contributed by atoms with Gasteiger partial charge in [0.1, 0.15) is 11.9 Å². The van der Waals surface area contributed by atoms with Crippen molar-refractivity contribution in [2.24, 2.45) is 5.92 Å². The number of amides is 2. The van der Waals surface area contributed by atoms with Gasteiger partial charge in [-0.2, -0.15) is 0 Å². The number of hydrogen-bond donors (Lipinski definition) is 2. The van der Waals surface area contributed by atoms with E-state index in [4.69, 9.17) is 0 Å². The van der Waals surface area contributed by atoms with Crippen LogP contribution in [0, 0.1) is 25.6 Å². The van der Waals surface area contributed by atoms with Gasteiger partial charge in [-0.3, -0.25) is 9.59 Å². The smallest absolute Gasteiger partial charge is 0.252 e. The lowest BCUT2D eigenvalue weighted by Crippen LogP contribution is -2.47. The van der Waals surface area contributed by atoms with Gasteiger partial charge in [-0.25, -0.2) is 4.39 Å². The van der Waals surface area contributed by atoms with Crippen molar-refractivity contribution in [2.45, 2.75) is 33.7 Å². The molecule has 0 fully saturated rings. The molecular formula is C20H23FN2O2. The number of carbonyl (C=O) groups excluding carboxylic acids is 2. The minimum Gasteiger partial charge on any atom is -0.340 e. The SMILES string of the molecule is Cc1cc(F)ccc1NC(=O)[C@@H](NC(=O)c1ccccc1C)C(C)C. The van der Waals surface area contributed by atoms with Gasteiger partial charge in [-0.05, 0) is 55.2 Å². The van der Waals surface area contributed by atoms with Crippen LogP contribution in [0.15, 0.2) is 42.5 Å². The first kappa shape index (κ1) is 18.6. The molecule has 2 amide bonds. The molecule has 0 unspecified atom stereocenters. The first-order valence-electron chi connectivity index (χ1n) is 8.23. The Morgan fingerprint density at radius 3 is 2.28 bits per heavy atom. The van der Waals surface area contributed by atoms with Crippen LogP contribution >= 0.6 is 0 Å². The van der Waals surface area contributed by atoms with Crippen molar-refractivity contribution >= 4 is 17.5 Å². The Balaban J connectivity index is 2.16. The predicted molar refractivity (Wildman–Crippen MR) is 97.0 cm³/mol. The first-order chi connectivity index (χ1) is 11.8. The first-order valence-corrected chi connectivity index (χ1v) is 8.23. The van der Waals surface area contributed by atoms with Crippen molar-refractivity contribution in [1.82, 2.24) is 5.32 Å². The minimum absolute atomic E-state index is 0.103. The summed E-state index contributed by atoms with van der Waals surface area (Å²) in [5, 5.41) is 5.57. The van der Waals surface area contributed by atoms with Gasteiger partial charge >= 0.3 is 0 Å². The molecule has 5 heteroatoms. The molecule has 2 N–H and O–H groups in total. The standard InChI is InChI=1S/C20H23FN2O2/c1-12(2)18(23-19(24)16-8-6-5-7-13(16)3)20(25)22-17-10-9-15(21)11-14(17)4/h5-12,18H,1-4H3,(H,22,25)(H,23,24)/t18-/m0/s1. The molecule has 0 bridgehead atoms. The van der Waals surface area contributed by atoms with Gasteiger partial charge in [0, 0.05) is 11.3 Å². The average molecular weight is 342 g/mol. The molecule has 0 aliphatic rings. The van der Waals surface area contributed by atoms with E-state index in [1.54, 1.807) is 19.1 Å². The van der Waals surface area contributed by atoms with Crippen molar-refractivity contribution in [3.8, 4) is 0 Å². The number of anilines is 1. The maximum absolute atomic E-state index is 13.2. The monoisotopic (exact) mass is 342 g/mol.